The van der Waals surface area contributed by atoms with E-state index in [-0.39, 0.29) is 11.8 Å². The first kappa shape index (κ1) is 15.8. The Kier molecular flexibility index (Phi) is 4.60. The van der Waals surface area contributed by atoms with Crippen molar-refractivity contribution in [2.24, 2.45) is 0 Å². The van der Waals surface area contributed by atoms with Gasteiger partial charge in [0.15, 0.2) is 0 Å². The summed E-state index contributed by atoms with van der Waals surface area (Å²) in [6, 6.07) is 5.16. The van der Waals surface area contributed by atoms with Gasteiger partial charge >= 0.3 is 0 Å². The molecule has 0 radical (unpaired) electrons. The Morgan fingerprint density at radius 3 is 2.50 bits per heavy atom. The van der Waals surface area contributed by atoms with Crippen LogP contribution >= 0.6 is 0 Å². The third-order valence-electron chi connectivity index (χ3n) is 3.61. The first-order chi connectivity index (χ1) is 10.5. The number of amides is 2. The van der Waals surface area contributed by atoms with Crippen LogP contribution in [0.5, 0.6) is 0 Å². The van der Waals surface area contributed by atoms with E-state index in [2.05, 4.69) is 15.7 Å². The van der Waals surface area contributed by atoms with Gasteiger partial charge in [-0.1, -0.05) is 0 Å². The monoisotopic (exact) mass is 300 g/mol. The van der Waals surface area contributed by atoms with Gasteiger partial charge in [0.2, 0.25) is 0 Å². The minimum absolute atomic E-state index is 0.152. The first-order valence-electron chi connectivity index (χ1n) is 7.14. The third-order valence-corrected chi connectivity index (χ3v) is 3.61. The van der Waals surface area contributed by atoms with Crippen LogP contribution in [-0.2, 0) is 6.54 Å². The molecule has 0 saturated heterocycles. The Morgan fingerprint density at radius 1 is 1.23 bits per heavy atom. The van der Waals surface area contributed by atoms with E-state index in [0.717, 1.165) is 17.8 Å². The van der Waals surface area contributed by atoms with Gasteiger partial charge in [0, 0.05) is 30.5 Å². The van der Waals surface area contributed by atoms with Crippen LogP contribution in [0.15, 0.2) is 24.4 Å². The summed E-state index contributed by atoms with van der Waals surface area (Å²) in [6.45, 7) is 6.42. The SMILES string of the molecule is CCn1ncc(C(=O)Nc2ccc(C(=O)NC)cc2C)c1C. The van der Waals surface area contributed by atoms with Crippen molar-refractivity contribution in [3.63, 3.8) is 0 Å². The summed E-state index contributed by atoms with van der Waals surface area (Å²) in [4.78, 5) is 23.9. The van der Waals surface area contributed by atoms with Crippen LogP contribution in [0.2, 0.25) is 0 Å². The molecule has 2 aromatic rings. The number of nitrogens with zero attached hydrogens (tertiary/aromatic N) is 2. The smallest absolute Gasteiger partial charge is 0.259 e. The summed E-state index contributed by atoms with van der Waals surface area (Å²) >= 11 is 0. The second-order valence-corrected chi connectivity index (χ2v) is 5.02. The highest BCUT2D eigenvalue weighted by molar-refractivity contribution is 6.05. The molecule has 22 heavy (non-hydrogen) atoms. The predicted molar refractivity (Wildman–Crippen MR) is 85.2 cm³/mol. The maximum Gasteiger partial charge on any atom is 0.259 e. The van der Waals surface area contributed by atoms with Crippen LogP contribution in [0.4, 0.5) is 5.69 Å². The van der Waals surface area contributed by atoms with E-state index < -0.39 is 0 Å². The van der Waals surface area contributed by atoms with Crippen LogP contribution in [0.1, 0.15) is 38.9 Å². The number of aromatic nitrogens is 2. The van der Waals surface area contributed by atoms with Crippen molar-refractivity contribution in [2.45, 2.75) is 27.3 Å². The Bertz CT molecular complexity index is 719. The number of anilines is 1. The van der Waals surface area contributed by atoms with Crippen molar-refractivity contribution in [2.75, 3.05) is 12.4 Å². The molecule has 0 spiro atoms. The first-order valence-corrected chi connectivity index (χ1v) is 7.14. The number of hydrogen-bond donors (Lipinski definition) is 2. The molecule has 2 rings (SSSR count). The molecule has 0 aliphatic rings. The molecule has 0 unspecified atom stereocenters. The second-order valence-electron chi connectivity index (χ2n) is 5.02. The second kappa shape index (κ2) is 6.43. The normalized spacial score (nSPS) is 10.4. The summed E-state index contributed by atoms with van der Waals surface area (Å²) in [5.74, 6) is -0.353. The van der Waals surface area contributed by atoms with Crippen LogP contribution in [-0.4, -0.2) is 28.6 Å². The van der Waals surface area contributed by atoms with Gasteiger partial charge in [-0.25, -0.2) is 0 Å². The minimum Gasteiger partial charge on any atom is -0.355 e. The minimum atomic E-state index is -0.201. The van der Waals surface area contributed by atoms with Gasteiger partial charge in [0.05, 0.1) is 11.8 Å². The average molecular weight is 300 g/mol. The van der Waals surface area contributed by atoms with Gasteiger partial charge in [-0.2, -0.15) is 5.10 Å². The van der Waals surface area contributed by atoms with Gasteiger partial charge < -0.3 is 10.6 Å². The summed E-state index contributed by atoms with van der Waals surface area (Å²) < 4.78 is 1.77. The quantitative estimate of drug-likeness (QED) is 0.908. The Balaban J connectivity index is 2.21. The number of carbonyl (C=O) groups is 2. The van der Waals surface area contributed by atoms with E-state index in [1.165, 1.54) is 0 Å². The number of rotatable bonds is 4. The highest BCUT2D eigenvalue weighted by Crippen LogP contribution is 2.18. The standard InChI is InChI=1S/C16H20N4O2/c1-5-20-11(3)13(9-18-20)16(22)19-14-7-6-12(8-10(14)2)15(21)17-4/h6-9H,5H2,1-4H3,(H,17,21)(H,19,22). The Morgan fingerprint density at radius 2 is 1.95 bits per heavy atom. The molecule has 0 atom stereocenters. The lowest BCUT2D eigenvalue weighted by molar-refractivity contribution is 0.0962. The number of aryl methyl sites for hydroxylation is 2. The van der Waals surface area contributed by atoms with Crippen LogP contribution in [0.25, 0.3) is 0 Å². The van der Waals surface area contributed by atoms with Crippen molar-refractivity contribution in [3.8, 4) is 0 Å². The molecule has 116 valence electrons. The van der Waals surface area contributed by atoms with E-state index in [1.807, 2.05) is 20.8 Å². The maximum atomic E-state index is 12.3. The third kappa shape index (κ3) is 3.00. The lowest BCUT2D eigenvalue weighted by Crippen LogP contribution is -2.18. The fraction of sp³-hybridized carbons (Fsp3) is 0.312. The van der Waals surface area contributed by atoms with Crippen LogP contribution < -0.4 is 10.6 Å². The van der Waals surface area contributed by atoms with E-state index in [0.29, 0.717) is 16.8 Å². The molecule has 0 saturated carbocycles. The molecule has 0 aliphatic heterocycles. The molecule has 0 bridgehead atoms. The number of benzene rings is 1. The van der Waals surface area contributed by atoms with Gasteiger partial charge in [-0.3, -0.25) is 14.3 Å². The molecular weight excluding hydrogens is 280 g/mol. The van der Waals surface area contributed by atoms with Crippen molar-refractivity contribution < 1.29 is 9.59 Å². The molecule has 0 aliphatic carbocycles. The van der Waals surface area contributed by atoms with Gasteiger partial charge in [0.1, 0.15) is 0 Å². The summed E-state index contributed by atoms with van der Waals surface area (Å²) in [7, 11) is 1.58. The molecule has 2 N–H and O–H groups in total. The number of nitrogens with one attached hydrogen (secondary N) is 2. The van der Waals surface area contributed by atoms with Gasteiger partial charge in [-0.15, -0.1) is 0 Å². The highest BCUT2D eigenvalue weighted by Gasteiger charge is 2.15. The molecular formula is C16H20N4O2. The predicted octanol–water partition coefficient (Wildman–Crippen LogP) is 2.13. The molecule has 1 aromatic carbocycles. The molecule has 0 fully saturated rings. The summed E-state index contributed by atoms with van der Waals surface area (Å²) in [5, 5.41) is 9.61. The topological polar surface area (TPSA) is 76.0 Å². The summed E-state index contributed by atoms with van der Waals surface area (Å²) in [5.41, 5.74) is 3.46. The zero-order chi connectivity index (χ0) is 16.3. The zero-order valence-corrected chi connectivity index (χ0v) is 13.2. The molecule has 1 aromatic heterocycles. The Hall–Kier alpha value is -2.63. The largest absolute Gasteiger partial charge is 0.355 e. The number of hydrogen-bond acceptors (Lipinski definition) is 3. The fourth-order valence-corrected chi connectivity index (χ4v) is 2.27. The van der Waals surface area contributed by atoms with Crippen molar-refractivity contribution in [3.05, 3.63) is 46.8 Å². The molecule has 6 nitrogen and oxygen atoms in total. The van der Waals surface area contributed by atoms with Crippen LogP contribution in [0, 0.1) is 13.8 Å². The number of carbonyl (C=O) groups excluding carboxylic acids is 2. The molecule has 6 heteroatoms. The van der Waals surface area contributed by atoms with E-state index >= 15 is 0 Å². The average Bonchev–Trinajstić information content (AvgIpc) is 2.89. The van der Waals surface area contributed by atoms with Gasteiger partial charge in [-0.05, 0) is 44.5 Å². The zero-order valence-electron chi connectivity index (χ0n) is 13.2. The van der Waals surface area contributed by atoms with E-state index in [4.69, 9.17) is 0 Å². The maximum absolute atomic E-state index is 12.3. The van der Waals surface area contributed by atoms with E-state index in [9.17, 15) is 9.59 Å². The van der Waals surface area contributed by atoms with E-state index in [1.54, 1.807) is 36.1 Å². The van der Waals surface area contributed by atoms with Gasteiger partial charge in [0.25, 0.3) is 11.8 Å². The lowest BCUT2D eigenvalue weighted by atomic mass is 10.1. The summed E-state index contributed by atoms with van der Waals surface area (Å²) in [6.07, 6.45) is 1.57. The lowest BCUT2D eigenvalue weighted by Gasteiger charge is -2.10. The van der Waals surface area contributed by atoms with Crippen molar-refractivity contribution in [1.82, 2.24) is 15.1 Å². The molecule has 2 amide bonds. The van der Waals surface area contributed by atoms with Crippen LogP contribution in [0.3, 0.4) is 0 Å². The fourth-order valence-electron chi connectivity index (χ4n) is 2.27. The highest BCUT2D eigenvalue weighted by atomic mass is 16.2. The van der Waals surface area contributed by atoms with Crippen molar-refractivity contribution in [1.29, 1.82) is 0 Å². The Labute approximate surface area is 129 Å². The van der Waals surface area contributed by atoms with Crippen molar-refractivity contribution >= 4 is 17.5 Å². The molecule has 1 heterocycles.